The third-order valence-corrected chi connectivity index (χ3v) is 6.21. The van der Waals surface area contributed by atoms with Crippen LogP contribution in [0.1, 0.15) is 43.6 Å². The molecule has 0 saturated heterocycles. The van der Waals surface area contributed by atoms with Crippen molar-refractivity contribution in [3.8, 4) is 0 Å². The zero-order valence-corrected chi connectivity index (χ0v) is 17.3. The first kappa shape index (κ1) is 20.0. The highest BCUT2D eigenvalue weighted by Gasteiger charge is 2.20. The van der Waals surface area contributed by atoms with Crippen molar-refractivity contribution in [2.75, 3.05) is 26.8 Å². The summed E-state index contributed by atoms with van der Waals surface area (Å²) in [4.78, 5) is 34.1. The molecule has 0 saturated carbocycles. The number of hydrogen-bond donors (Lipinski definition) is 0. The standard InChI is InChI=1S/C20H29N3O3S/c1-14(2)12-22(10-11-26-3)17(24)8-9-23-13-21-19-18(20(23)25)15-6-4-5-7-16(15)27-19/h13-14H,4-12H2,1-3H3. The number of rotatable bonds is 8. The average molecular weight is 392 g/mol. The Morgan fingerprint density at radius 3 is 2.89 bits per heavy atom. The van der Waals surface area contributed by atoms with Crippen LogP contribution >= 0.6 is 11.3 Å². The summed E-state index contributed by atoms with van der Waals surface area (Å²) < 4.78 is 6.72. The lowest BCUT2D eigenvalue weighted by atomic mass is 9.97. The quantitative estimate of drug-likeness (QED) is 0.694. The van der Waals surface area contributed by atoms with E-state index in [1.807, 2.05) is 4.90 Å². The van der Waals surface area contributed by atoms with E-state index < -0.39 is 0 Å². The van der Waals surface area contributed by atoms with Gasteiger partial charge in [-0.05, 0) is 37.2 Å². The Hall–Kier alpha value is -1.73. The van der Waals surface area contributed by atoms with Crippen LogP contribution in [0.2, 0.25) is 0 Å². The zero-order valence-electron chi connectivity index (χ0n) is 16.5. The maximum atomic E-state index is 13.0. The second-order valence-corrected chi connectivity index (χ2v) is 8.69. The van der Waals surface area contributed by atoms with E-state index in [0.29, 0.717) is 38.6 Å². The zero-order chi connectivity index (χ0) is 19.4. The van der Waals surface area contributed by atoms with Crippen molar-refractivity contribution in [1.82, 2.24) is 14.5 Å². The van der Waals surface area contributed by atoms with Crippen LogP contribution in [0.4, 0.5) is 0 Å². The number of ether oxygens (including phenoxy) is 1. The molecule has 0 spiro atoms. The first-order valence-corrected chi connectivity index (χ1v) is 10.6. The third-order valence-electron chi connectivity index (χ3n) is 5.01. The Labute approximate surface area is 164 Å². The molecule has 2 aromatic rings. The number of fused-ring (bicyclic) bond motifs is 3. The summed E-state index contributed by atoms with van der Waals surface area (Å²) in [5, 5.41) is 0.781. The molecule has 7 heteroatoms. The molecular weight excluding hydrogens is 362 g/mol. The molecule has 1 amide bonds. The highest BCUT2D eigenvalue weighted by Crippen LogP contribution is 2.33. The van der Waals surface area contributed by atoms with Gasteiger partial charge in [0.05, 0.1) is 18.3 Å². The van der Waals surface area contributed by atoms with Crippen molar-refractivity contribution in [3.05, 3.63) is 27.1 Å². The first-order valence-electron chi connectivity index (χ1n) is 9.77. The van der Waals surface area contributed by atoms with Crippen molar-refractivity contribution in [2.24, 2.45) is 5.92 Å². The minimum Gasteiger partial charge on any atom is -0.383 e. The maximum Gasteiger partial charge on any atom is 0.262 e. The van der Waals surface area contributed by atoms with Crippen LogP contribution in [0.3, 0.4) is 0 Å². The fourth-order valence-electron chi connectivity index (χ4n) is 3.67. The van der Waals surface area contributed by atoms with E-state index in [9.17, 15) is 9.59 Å². The van der Waals surface area contributed by atoms with E-state index in [2.05, 4.69) is 18.8 Å². The van der Waals surface area contributed by atoms with Gasteiger partial charge in [-0.1, -0.05) is 13.8 Å². The smallest absolute Gasteiger partial charge is 0.262 e. The Bertz CT molecular complexity index is 856. The fraction of sp³-hybridized carbons (Fsp3) is 0.650. The molecule has 148 valence electrons. The van der Waals surface area contributed by atoms with E-state index >= 15 is 0 Å². The predicted molar refractivity (Wildman–Crippen MR) is 108 cm³/mol. The molecule has 6 nitrogen and oxygen atoms in total. The molecule has 0 atom stereocenters. The van der Waals surface area contributed by atoms with Gasteiger partial charge in [0.25, 0.3) is 5.56 Å². The predicted octanol–water partition coefficient (Wildman–Crippen LogP) is 2.86. The molecule has 0 N–H and O–H groups in total. The van der Waals surface area contributed by atoms with Gasteiger partial charge in [-0.3, -0.25) is 14.2 Å². The lowest BCUT2D eigenvalue weighted by Crippen LogP contribution is -2.37. The van der Waals surface area contributed by atoms with Crippen molar-refractivity contribution in [2.45, 2.75) is 52.5 Å². The van der Waals surface area contributed by atoms with Crippen LogP contribution < -0.4 is 5.56 Å². The normalized spacial score (nSPS) is 13.9. The number of carbonyl (C=O) groups is 1. The Balaban J connectivity index is 1.75. The third kappa shape index (κ3) is 4.58. The van der Waals surface area contributed by atoms with Crippen LogP contribution in [0.15, 0.2) is 11.1 Å². The Morgan fingerprint density at radius 1 is 1.37 bits per heavy atom. The average Bonchev–Trinajstić information content (AvgIpc) is 3.03. The number of hydrogen-bond acceptors (Lipinski definition) is 5. The Kier molecular flexibility index (Phi) is 6.65. The summed E-state index contributed by atoms with van der Waals surface area (Å²) >= 11 is 1.65. The molecule has 1 aliphatic carbocycles. The highest BCUT2D eigenvalue weighted by molar-refractivity contribution is 7.18. The number of aryl methyl sites for hydroxylation is 3. The van der Waals surface area contributed by atoms with Gasteiger partial charge < -0.3 is 9.64 Å². The number of thiophene rings is 1. The monoisotopic (exact) mass is 391 g/mol. The Morgan fingerprint density at radius 2 is 2.15 bits per heavy atom. The molecule has 1 aliphatic rings. The summed E-state index contributed by atoms with van der Waals surface area (Å²) in [7, 11) is 1.64. The van der Waals surface area contributed by atoms with E-state index in [-0.39, 0.29) is 11.5 Å². The van der Waals surface area contributed by atoms with Gasteiger partial charge in [-0.25, -0.2) is 4.98 Å². The van der Waals surface area contributed by atoms with E-state index in [1.165, 1.54) is 16.9 Å². The minimum absolute atomic E-state index is 0.000462. The molecule has 0 fully saturated rings. The second-order valence-electron chi connectivity index (χ2n) is 7.61. The van der Waals surface area contributed by atoms with Gasteiger partial charge in [0.2, 0.25) is 5.91 Å². The number of carbonyl (C=O) groups excluding carboxylic acids is 1. The molecule has 0 radical (unpaired) electrons. The van der Waals surface area contributed by atoms with Crippen molar-refractivity contribution >= 4 is 27.5 Å². The number of methoxy groups -OCH3 is 1. The van der Waals surface area contributed by atoms with Gasteiger partial charge in [0.15, 0.2) is 0 Å². The molecule has 2 heterocycles. The summed E-state index contributed by atoms with van der Waals surface area (Å²) in [6.07, 6.45) is 6.25. The molecule has 0 aliphatic heterocycles. The van der Waals surface area contributed by atoms with Gasteiger partial charge in [0, 0.05) is 38.0 Å². The van der Waals surface area contributed by atoms with Crippen LogP contribution in [0.5, 0.6) is 0 Å². The number of aromatic nitrogens is 2. The SMILES string of the molecule is COCCN(CC(C)C)C(=O)CCn1cnc2sc3c(c2c1=O)CCCC3. The molecular formula is C20H29N3O3S. The molecule has 0 unspecified atom stereocenters. The van der Waals surface area contributed by atoms with E-state index in [1.54, 1.807) is 29.3 Å². The van der Waals surface area contributed by atoms with Crippen LogP contribution in [0.25, 0.3) is 10.2 Å². The van der Waals surface area contributed by atoms with Crippen molar-refractivity contribution in [3.63, 3.8) is 0 Å². The van der Waals surface area contributed by atoms with Gasteiger partial charge in [-0.15, -0.1) is 11.3 Å². The van der Waals surface area contributed by atoms with Gasteiger partial charge in [0.1, 0.15) is 4.83 Å². The molecule has 3 rings (SSSR count). The summed E-state index contributed by atoms with van der Waals surface area (Å²) in [6, 6.07) is 0. The lowest BCUT2D eigenvalue weighted by molar-refractivity contribution is -0.132. The topological polar surface area (TPSA) is 64.4 Å². The molecule has 27 heavy (non-hydrogen) atoms. The van der Waals surface area contributed by atoms with Crippen molar-refractivity contribution in [1.29, 1.82) is 0 Å². The number of amides is 1. The largest absolute Gasteiger partial charge is 0.383 e. The summed E-state index contributed by atoms with van der Waals surface area (Å²) in [5.41, 5.74) is 1.19. The van der Waals surface area contributed by atoms with E-state index in [0.717, 1.165) is 29.5 Å². The van der Waals surface area contributed by atoms with Gasteiger partial charge in [-0.2, -0.15) is 0 Å². The summed E-state index contributed by atoms with van der Waals surface area (Å²) in [6.45, 7) is 6.36. The first-order chi connectivity index (χ1) is 13.0. The fourth-order valence-corrected chi connectivity index (χ4v) is 4.89. The lowest BCUT2D eigenvalue weighted by Gasteiger charge is -2.24. The number of nitrogens with zero attached hydrogens (tertiary/aromatic N) is 3. The second kappa shape index (κ2) is 8.97. The minimum atomic E-state index is -0.000462. The summed E-state index contributed by atoms with van der Waals surface area (Å²) in [5.74, 6) is 0.448. The maximum absolute atomic E-state index is 13.0. The molecule has 0 aromatic carbocycles. The van der Waals surface area contributed by atoms with Crippen LogP contribution in [-0.4, -0.2) is 47.2 Å². The van der Waals surface area contributed by atoms with Crippen molar-refractivity contribution < 1.29 is 9.53 Å². The van der Waals surface area contributed by atoms with Crippen LogP contribution in [-0.2, 0) is 28.9 Å². The van der Waals surface area contributed by atoms with E-state index in [4.69, 9.17) is 4.74 Å². The molecule has 0 bridgehead atoms. The van der Waals surface area contributed by atoms with Crippen LogP contribution in [0, 0.1) is 5.92 Å². The highest BCUT2D eigenvalue weighted by atomic mass is 32.1. The van der Waals surface area contributed by atoms with Gasteiger partial charge >= 0.3 is 0 Å². The molecule has 2 aromatic heterocycles.